The van der Waals surface area contributed by atoms with Gasteiger partial charge in [-0.25, -0.2) is 9.78 Å². The topological polar surface area (TPSA) is 172 Å². The summed E-state index contributed by atoms with van der Waals surface area (Å²) in [5.74, 6) is 1.30. The second kappa shape index (κ2) is 14.4. The number of phenolic OH excluding ortho intramolecular Hbond substituents is 1. The van der Waals surface area contributed by atoms with Gasteiger partial charge in [0.2, 0.25) is 12.5 Å². The smallest absolute Gasteiger partial charge is 0.343 e. The normalized spacial score (nSPS) is 22.7. The molecule has 2 aromatic heterocycles. The van der Waals surface area contributed by atoms with E-state index in [4.69, 9.17) is 38.4 Å². The van der Waals surface area contributed by atoms with Crippen molar-refractivity contribution in [1.29, 1.82) is 0 Å². The van der Waals surface area contributed by atoms with Crippen LogP contribution in [0, 0.1) is 11.8 Å². The van der Waals surface area contributed by atoms with Crippen LogP contribution in [0.5, 0.6) is 28.7 Å². The third-order valence-electron chi connectivity index (χ3n) is 13.3. The lowest BCUT2D eigenvalue weighted by atomic mass is 9.65. The molecular weight excluding hydrogens is 793 g/mol. The number of ether oxygens (including phenoxy) is 6. The zero-order valence-electron chi connectivity index (χ0n) is 34.1. The van der Waals surface area contributed by atoms with Crippen molar-refractivity contribution in [3.8, 4) is 40.1 Å². The Morgan fingerprint density at radius 3 is 2.39 bits per heavy atom. The molecule has 0 amide bonds. The number of benzene rings is 4. The molecule has 1 fully saturated rings. The molecular formula is C48H42N4O10. The largest absolute Gasteiger partial charge is 0.502 e. The molecule has 0 spiro atoms. The molecule has 14 nitrogen and oxygen atoms in total. The molecule has 4 aliphatic heterocycles. The maximum atomic E-state index is 13.9. The SMILES string of the molecule is CC[C@@]1(O)C(=O)OCc2c1cc1n(c2=O)Cc2c-1nc1ccccc1c2C=Nc1ccc(N[C@@H]2c3cc4c(cc3[C@@H](c3cc(OC)c(O)c(OC)c3)[C@@H]3COC[C@@H]32)OCO4)cc1. The van der Waals surface area contributed by atoms with Gasteiger partial charge in [0.25, 0.3) is 5.56 Å². The number of methoxy groups -OCH3 is 2. The first kappa shape index (κ1) is 38.1. The van der Waals surface area contributed by atoms with E-state index in [1.165, 1.54) is 14.2 Å². The van der Waals surface area contributed by atoms with Crippen LogP contribution < -0.4 is 29.8 Å². The number of hydrogen-bond donors (Lipinski definition) is 3. The fraction of sp³-hybridized carbons (Fsp3) is 0.292. The number of fused-ring (bicyclic) bond motifs is 8. The predicted octanol–water partition coefficient (Wildman–Crippen LogP) is 6.84. The summed E-state index contributed by atoms with van der Waals surface area (Å²) < 4.78 is 36.0. The highest BCUT2D eigenvalue weighted by Crippen LogP contribution is 2.56. The van der Waals surface area contributed by atoms with Crippen molar-refractivity contribution in [2.45, 2.75) is 44.1 Å². The number of carbonyl (C=O) groups excluding carboxylic acids is 1. The van der Waals surface area contributed by atoms with Crippen LogP contribution >= 0.6 is 0 Å². The van der Waals surface area contributed by atoms with Crippen LogP contribution in [0.4, 0.5) is 11.4 Å². The van der Waals surface area contributed by atoms with Gasteiger partial charge in [0.15, 0.2) is 28.6 Å². The number of aliphatic hydroxyl groups is 1. The van der Waals surface area contributed by atoms with Gasteiger partial charge in [-0.2, -0.15) is 0 Å². The first-order valence-electron chi connectivity index (χ1n) is 20.6. The minimum absolute atomic E-state index is 0.0486. The van der Waals surface area contributed by atoms with Crippen LogP contribution in [0.1, 0.15) is 64.2 Å². The van der Waals surface area contributed by atoms with Gasteiger partial charge < -0.3 is 48.5 Å². The van der Waals surface area contributed by atoms with Crippen LogP contribution in [0.3, 0.4) is 0 Å². The van der Waals surface area contributed by atoms with Crippen LogP contribution in [0.2, 0.25) is 0 Å². The molecule has 6 aromatic rings. The van der Waals surface area contributed by atoms with E-state index in [0.717, 1.165) is 50.1 Å². The van der Waals surface area contributed by atoms with Crippen molar-refractivity contribution >= 4 is 34.5 Å². The first-order valence-corrected chi connectivity index (χ1v) is 20.6. The van der Waals surface area contributed by atoms with E-state index in [9.17, 15) is 19.8 Å². The number of para-hydroxylation sites is 1. The highest BCUT2D eigenvalue weighted by molar-refractivity contribution is 6.03. The number of pyridine rings is 2. The Morgan fingerprint density at radius 1 is 0.919 bits per heavy atom. The molecule has 0 unspecified atom stereocenters. The molecule has 6 heterocycles. The molecule has 0 saturated carbocycles. The van der Waals surface area contributed by atoms with E-state index in [0.29, 0.717) is 47.6 Å². The molecule has 1 aliphatic carbocycles. The molecule has 62 heavy (non-hydrogen) atoms. The number of aromatic nitrogens is 2. The molecule has 4 aromatic carbocycles. The van der Waals surface area contributed by atoms with E-state index in [1.807, 2.05) is 66.9 Å². The van der Waals surface area contributed by atoms with E-state index in [1.54, 1.807) is 17.6 Å². The van der Waals surface area contributed by atoms with Gasteiger partial charge in [-0.05, 0) is 83.8 Å². The average Bonchev–Trinajstić information content (AvgIpc) is 4.06. The number of nitrogens with zero attached hydrogens (tertiary/aromatic N) is 3. The number of cyclic esters (lactones) is 1. The molecule has 14 heteroatoms. The molecule has 11 rings (SSSR count). The number of anilines is 1. The van der Waals surface area contributed by atoms with Gasteiger partial charge in [0.1, 0.15) is 6.61 Å². The van der Waals surface area contributed by atoms with Gasteiger partial charge in [0.05, 0.1) is 68.2 Å². The molecule has 314 valence electrons. The number of aliphatic imine (C=N–C) groups is 1. The summed E-state index contributed by atoms with van der Waals surface area (Å²) >= 11 is 0. The number of rotatable bonds is 8. The first-order chi connectivity index (χ1) is 30.2. The van der Waals surface area contributed by atoms with Gasteiger partial charge >= 0.3 is 5.97 Å². The minimum atomic E-state index is -1.91. The lowest BCUT2D eigenvalue weighted by molar-refractivity contribution is -0.172. The lowest BCUT2D eigenvalue weighted by Gasteiger charge is -2.41. The molecule has 5 aliphatic rings. The lowest BCUT2D eigenvalue weighted by Crippen LogP contribution is -2.44. The quantitative estimate of drug-likeness (QED) is 0.108. The molecule has 3 N–H and O–H groups in total. The van der Waals surface area contributed by atoms with Crippen LogP contribution in [-0.2, 0) is 33.0 Å². The van der Waals surface area contributed by atoms with E-state index in [-0.39, 0.29) is 72.6 Å². The number of carbonyl (C=O) groups is 1. The third-order valence-corrected chi connectivity index (χ3v) is 13.3. The Hall–Kier alpha value is -6.90. The molecule has 5 atom stereocenters. The summed E-state index contributed by atoms with van der Waals surface area (Å²) in [6.45, 7) is 2.99. The number of phenols is 1. The maximum absolute atomic E-state index is 13.9. The number of esters is 1. The highest BCUT2D eigenvalue weighted by Gasteiger charge is 2.48. The van der Waals surface area contributed by atoms with Crippen molar-refractivity contribution in [3.05, 3.63) is 128 Å². The number of nitrogens with one attached hydrogen (secondary N) is 1. The van der Waals surface area contributed by atoms with Crippen molar-refractivity contribution in [3.63, 3.8) is 0 Å². The zero-order chi connectivity index (χ0) is 42.4. The van der Waals surface area contributed by atoms with Gasteiger partial charge in [0, 0.05) is 51.7 Å². The molecule has 0 radical (unpaired) electrons. The van der Waals surface area contributed by atoms with Crippen LogP contribution in [0.15, 0.2) is 88.6 Å². The second-order valence-corrected chi connectivity index (χ2v) is 16.4. The maximum Gasteiger partial charge on any atom is 0.343 e. The highest BCUT2D eigenvalue weighted by atomic mass is 16.7. The van der Waals surface area contributed by atoms with E-state index < -0.39 is 11.6 Å². The van der Waals surface area contributed by atoms with E-state index in [2.05, 4.69) is 17.4 Å². The van der Waals surface area contributed by atoms with Crippen molar-refractivity contribution in [1.82, 2.24) is 9.55 Å². The number of aromatic hydroxyl groups is 1. The van der Waals surface area contributed by atoms with Crippen molar-refractivity contribution in [2.24, 2.45) is 16.8 Å². The minimum Gasteiger partial charge on any atom is -0.502 e. The van der Waals surface area contributed by atoms with Gasteiger partial charge in [-0.1, -0.05) is 25.1 Å². The Kier molecular flexibility index (Phi) is 8.81. The Bertz CT molecular complexity index is 2920. The summed E-state index contributed by atoms with van der Waals surface area (Å²) in [4.78, 5) is 36.6. The van der Waals surface area contributed by atoms with Gasteiger partial charge in [-0.15, -0.1) is 0 Å². The summed E-state index contributed by atoms with van der Waals surface area (Å²) in [6.07, 6.45) is 1.89. The molecule has 0 bridgehead atoms. The summed E-state index contributed by atoms with van der Waals surface area (Å²) in [6, 6.07) is 25.2. The number of hydrogen-bond acceptors (Lipinski definition) is 13. The standard InChI is InChI=1S/C48H42N4O10/c1-4-48(56)35-17-37-44-31(19-52(37)46(54)34(35)22-60-47(48)55)30(27-7-5-6-8-36(27)51-44)18-49-25-9-11-26(12-10-25)50-43-29-16-39-38(61-23-62-39)15-28(29)42(32-20-59-21-33(32)43)24-13-40(57-2)45(53)41(14-24)58-3/h5-18,32-33,42-43,50,53,56H,4,19-23H2,1-3H3/t32-,33+,42-,43-,48+/m1/s1. The molecule has 1 saturated heterocycles. The van der Waals surface area contributed by atoms with E-state index >= 15 is 0 Å². The summed E-state index contributed by atoms with van der Waals surface area (Å²) in [7, 11) is 3.06. The monoisotopic (exact) mass is 834 g/mol. The predicted molar refractivity (Wildman–Crippen MR) is 228 cm³/mol. The second-order valence-electron chi connectivity index (χ2n) is 16.4. The summed E-state index contributed by atoms with van der Waals surface area (Å²) in [5, 5.41) is 26.8. The summed E-state index contributed by atoms with van der Waals surface area (Å²) in [5.41, 5.74) is 6.55. The Morgan fingerprint density at radius 2 is 1.65 bits per heavy atom. The average molecular weight is 835 g/mol. The van der Waals surface area contributed by atoms with Crippen molar-refractivity contribution < 1.29 is 43.4 Å². The van der Waals surface area contributed by atoms with Crippen LogP contribution in [-0.4, -0.2) is 66.2 Å². The fourth-order valence-corrected chi connectivity index (χ4v) is 10.1. The fourth-order valence-electron chi connectivity index (χ4n) is 10.1. The van der Waals surface area contributed by atoms with Crippen molar-refractivity contribution in [2.75, 3.05) is 39.5 Å². The zero-order valence-corrected chi connectivity index (χ0v) is 34.1. The third kappa shape index (κ3) is 5.69. The van der Waals surface area contributed by atoms with Gasteiger partial charge in [-0.3, -0.25) is 9.79 Å². The Labute approximate surface area is 355 Å². The van der Waals surface area contributed by atoms with Crippen LogP contribution in [0.25, 0.3) is 22.3 Å². The Balaban J connectivity index is 0.929.